The predicted molar refractivity (Wildman–Crippen MR) is 60.7 cm³/mol. The van der Waals surface area contributed by atoms with Crippen molar-refractivity contribution in [2.75, 3.05) is 13.2 Å². The molecule has 0 aromatic carbocycles. The van der Waals surface area contributed by atoms with Crippen LogP contribution >= 0.6 is 0 Å². The van der Waals surface area contributed by atoms with Gasteiger partial charge >= 0.3 is 0 Å². The van der Waals surface area contributed by atoms with Gasteiger partial charge in [0.25, 0.3) is 0 Å². The van der Waals surface area contributed by atoms with E-state index in [2.05, 4.69) is 19.2 Å². The number of carbonyl (C=O) groups is 1. The molecule has 0 aliphatic carbocycles. The normalized spacial score (nSPS) is 20.9. The van der Waals surface area contributed by atoms with Gasteiger partial charge in [-0.05, 0) is 31.6 Å². The van der Waals surface area contributed by atoms with E-state index >= 15 is 0 Å². The molecule has 0 aromatic heterocycles. The molecule has 3 heteroatoms. The fraction of sp³-hybridized carbons (Fsp3) is 0.917. The monoisotopic (exact) mass is 213 g/mol. The molecule has 1 heterocycles. The lowest BCUT2D eigenvalue weighted by Crippen LogP contribution is -2.26. The molecule has 0 saturated carbocycles. The van der Waals surface area contributed by atoms with Crippen molar-refractivity contribution in [2.24, 2.45) is 5.92 Å². The summed E-state index contributed by atoms with van der Waals surface area (Å²) in [6.07, 6.45) is 5.17. The average Bonchev–Trinajstić information content (AvgIpc) is 2.66. The number of amides is 1. The third-order valence-electron chi connectivity index (χ3n) is 2.76. The van der Waals surface area contributed by atoms with Gasteiger partial charge in [0.1, 0.15) is 0 Å². The second kappa shape index (κ2) is 6.83. The number of ether oxygens (including phenoxy) is 1. The van der Waals surface area contributed by atoms with E-state index in [1.165, 1.54) is 0 Å². The number of nitrogens with one attached hydrogen (secondary N) is 1. The third kappa shape index (κ3) is 5.78. The minimum absolute atomic E-state index is 0.172. The lowest BCUT2D eigenvalue weighted by Gasteiger charge is -2.10. The molecule has 88 valence electrons. The summed E-state index contributed by atoms with van der Waals surface area (Å²) in [6.45, 7) is 6.01. The highest BCUT2D eigenvalue weighted by Crippen LogP contribution is 2.16. The van der Waals surface area contributed by atoms with Crippen molar-refractivity contribution in [3.63, 3.8) is 0 Å². The smallest absolute Gasteiger partial charge is 0.220 e. The van der Waals surface area contributed by atoms with Crippen molar-refractivity contribution in [3.8, 4) is 0 Å². The molecule has 0 bridgehead atoms. The molecule has 1 N–H and O–H groups in total. The Morgan fingerprint density at radius 1 is 1.53 bits per heavy atom. The van der Waals surface area contributed by atoms with Gasteiger partial charge in [-0.3, -0.25) is 4.79 Å². The maximum absolute atomic E-state index is 11.4. The molecule has 0 radical (unpaired) electrons. The summed E-state index contributed by atoms with van der Waals surface area (Å²) in [5.74, 6) is 0.828. The van der Waals surface area contributed by atoms with Gasteiger partial charge in [0.05, 0.1) is 6.10 Å². The third-order valence-corrected chi connectivity index (χ3v) is 2.76. The molecule has 3 nitrogen and oxygen atoms in total. The number of carbonyl (C=O) groups excluding carboxylic acids is 1. The maximum atomic E-state index is 11.4. The summed E-state index contributed by atoms with van der Waals surface area (Å²) in [7, 11) is 0. The lowest BCUT2D eigenvalue weighted by molar-refractivity contribution is -0.121. The van der Waals surface area contributed by atoms with E-state index in [0.29, 0.717) is 18.4 Å². The molecule has 1 rings (SSSR count). The van der Waals surface area contributed by atoms with Gasteiger partial charge in [-0.25, -0.2) is 0 Å². The summed E-state index contributed by atoms with van der Waals surface area (Å²) in [5.41, 5.74) is 0. The Morgan fingerprint density at radius 3 is 2.93 bits per heavy atom. The quantitative estimate of drug-likeness (QED) is 0.734. The van der Waals surface area contributed by atoms with Crippen LogP contribution in [0, 0.1) is 5.92 Å². The van der Waals surface area contributed by atoms with Gasteiger partial charge in [0, 0.05) is 19.6 Å². The summed E-state index contributed by atoms with van der Waals surface area (Å²) in [6, 6.07) is 0. The van der Waals surface area contributed by atoms with Gasteiger partial charge in [-0.2, -0.15) is 0 Å². The number of hydrogen-bond donors (Lipinski definition) is 1. The average molecular weight is 213 g/mol. The van der Waals surface area contributed by atoms with Crippen LogP contribution in [0.3, 0.4) is 0 Å². The van der Waals surface area contributed by atoms with E-state index in [0.717, 1.165) is 38.8 Å². The van der Waals surface area contributed by atoms with E-state index in [9.17, 15) is 4.79 Å². The minimum Gasteiger partial charge on any atom is -0.378 e. The van der Waals surface area contributed by atoms with Crippen LogP contribution in [0.5, 0.6) is 0 Å². The molecule has 1 aliphatic heterocycles. The van der Waals surface area contributed by atoms with Crippen molar-refractivity contribution in [2.45, 2.75) is 52.1 Å². The van der Waals surface area contributed by atoms with Gasteiger partial charge in [0.2, 0.25) is 5.91 Å². The molecule has 1 unspecified atom stereocenters. The van der Waals surface area contributed by atoms with Crippen molar-refractivity contribution in [1.82, 2.24) is 5.32 Å². The molecule has 1 amide bonds. The topological polar surface area (TPSA) is 38.3 Å². The lowest BCUT2D eigenvalue weighted by atomic mass is 10.1. The van der Waals surface area contributed by atoms with E-state index in [4.69, 9.17) is 4.74 Å². The highest BCUT2D eigenvalue weighted by atomic mass is 16.5. The second-order valence-electron chi connectivity index (χ2n) is 4.71. The zero-order valence-electron chi connectivity index (χ0n) is 9.92. The molecular formula is C12H23NO2. The van der Waals surface area contributed by atoms with Crippen LogP contribution in [0.2, 0.25) is 0 Å². The Balaban J connectivity index is 1.98. The van der Waals surface area contributed by atoms with Crippen LogP contribution in [0.15, 0.2) is 0 Å². The Kier molecular flexibility index (Phi) is 5.69. The molecule has 1 atom stereocenters. The molecule has 1 aliphatic rings. The minimum atomic E-state index is 0.172. The van der Waals surface area contributed by atoms with Crippen molar-refractivity contribution in [3.05, 3.63) is 0 Å². The highest BCUT2D eigenvalue weighted by Gasteiger charge is 2.16. The largest absolute Gasteiger partial charge is 0.378 e. The molecule has 1 fully saturated rings. The Bertz CT molecular complexity index is 186. The maximum Gasteiger partial charge on any atom is 0.220 e. The molecular weight excluding hydrogens is 190 g/mol. The first-order valence-corrected chi connectivity index (χ1v) is 6.07. The van der Waals surface area contributed by atoms with E-state index in [1.807, 2.05) is 0 Å². The zero-order valence-corrected chi connectivity index (χ0v) is 9.92. The fourth-order valence-electron chi connectivity index (χ4n) is 1.75. The summed E-state index contributed by atoms with van der Waals surface area (Å²) in [5, 5.41) is 2.94. The summed E-state index contributed by atoms with van der Waals surface area (Å²) >= 11 is 0. The summed E-state index contributed by atoms with van der Waals surface area (Å²) < 4.78 is 5.47. The van der Waals surface area contributed by atoms with E-state index in [1.54, 1.807) is 0 Å². The van der Waals surface area contributed by atoms with Crippen LogP contribution in [0.25, 0.3) is 0 Å². The van der Waals surface area contributed by atoms with Crippen molar-refractivity contribution in [1.29, 1.82) is 0 Å². The standard InChI is InChI=1S/C12H23NO2/c1-10(2)7-8-13-12(14)6-5-11-4-3-9-15-11/h10-11H,3-9H2,1-2H3,(H,13,14). The Morgan fingerprint density at radius 2 is 2.33 bits per heavy atom. The predicted octanol–water partition coefficient (Wildman–Crippen LogP) is 2.11. The fourth-order valence-corrected chi connectivity index (χ4v) is 1.75. The van der Waals surface area contributed by atoms with Crippen LogP contribution < -0.4 is 5.32 Å². The molecule has 15 heavy (non-hydrogen) atoms. The van der Waals surface area contributed by atoms with Crippen LogP contribution in [-0.2, 0) is 9.53 Å². The van der Waals surface area contributed by atoms with Gasteiger partial charge in [-0.15, -0.1) is 0 Å². The Hall–Kier alpha value is -0.570. The molecule has 1 saturated heterocycles. The van der Waals surface area contributed by atoms with E-state index < -0.39 is 0 Å². The number of hydrogen-bond acceptors (Lipinski definition) is 2. The number of rotatable bonds is 6. The van der Waals surface area contributed by atoms with Crippen molar-refractivity contribution < 1.29 is 9.53 Å². The van der Waals surface area contributed by atoms with Crippen LogP contribution in [-0.4, -0.2) is 25.2 Å². The van der Waals surface area contributed by atoms with Crippen molar-refractivity contribution >= 4 is 5.91 Å². The molecule has 0 spiro atoms. The van der Waals surface area contributed by atoms with Crippen LogP contribution in [0.1, 0.15) is 46.0 Å². The Labute approximate surface area is 92.6 Å². The first kappa shape index (κ1) is 12.5. The highest BCUT2D eigenvalue weighted by molar-refractivity contribution is 5.75. The first-order valence-electron chi connectivity index (χ1n) is 6.07. The SMILES string of the molecule is CC(C)CCNC(=O)CCC1CCCO1. The molecule has 0 aromatic rings. The van der Waals surface area contributed by atoms with Gasteiger partial charge < -0.3 is 10.1 Å². The first-order chi connectivity index (χ1) is 7.18. The summed E-state index contributed by atoms with van der Waals surface area (Å²) in [4.78, 5) is 11.4. The van der Waals surface area contributed by atoms with E-state index in [-0.39, 0.29) is 5.91 Å². The van der Waals surface area contributed by atoms with Gasteiger partial charge in [-0.1, -0.05) is 13.8 Å². The van der Waals surface area contributed by atoms with Crippen LogP contribution in [0.4, 0.5) is 0 Å². The van der Waals surface area contributed by atoms with Gasteiger partial charge in [0.15, 0.2) is 0 Å². The second-order valence-corrected chi connectivity index (χ2v) is 4.71. The zero-order chi connectivity index (χ0) is 11.1.